The molecular weight excluding hydrogens is 316 g/mol. The Bertz CT molecular complexity index is 583. The van der Waals surface area contributed by atoms with Crippen molar-refractivity contribution in [3.63, 3.8) is 0 Å². The number of amides is 2. The minimum Gasteiger partial charge on any atom is -0.378 e. The number of piperazine rings is 1. The maximum atomic E-state index is 13.0. The van der Waals surface area contributed by atoms with Crippen LogP contribution in [-0.4, -0.2) is 75.0 Å². The van der Waals surface area contributed by atoms with Crippen molar-refractivity contribution in [1.82, 2.24) is 15.1 Å². The van der Waals surface area contributed by atoms with E-state index in [-0.39, 0.29) is 18.4 Å². The van der Waals surface area contributed by atoms with Gasteiger partial charge in [-0.25, -0.2) is 0 Å². The van der Waals surface area contributed by atoms with E-state index < -0.39 is 0 Å². The van der Waals surface area contributed by atoms with E-state index in [0.29, 0.717) is 25.2 Å². The Labute approximate surface area is 150 Å². The molecule has 2 rings (SSSR count). The van der Waals surface area contributed by atoms with Crippen molar-refractivity contribution in [1.29, 1.82) is 0 Å². The number of unbranched alkanes of at least 4 members (excludes halogenated alkanes) is 1. The third-order valence-corrected chi connectivity index (χ3v) is 4.47. The number of carbonyl (C=O) groups is 2. The van der Waals surface area contributed by atoms with Gasteiger partial charge in [-0.3, -0.25) is 9.59 Å². The monoisotopic (exact) mass is 346 g/mol. The minimum absolute atomic E-state index is 0.0368. The Kier molecular flexibility index (Phi) is 7.25. The van der Waals surface area contributed by atoms with Crippen molar-refractivity contribution in [2.75, 3.05) is 58.3 Å². The number of nitrogens with zero attached hydrogens (tertiary/aromatic N) is 3. The van der Waals surface area contributed by atoms with Crippen molar-refractivity contribution in [3.8, 4) is 0 Å². The van der Waals surface area contributed by atoms with Crippen molar-refractivity contribution >= 4 is 17.5 Å². The van der Waals surface area contributed by atoms with Gasteiger partial charge in [0, 0.05) is 58.1 Å². The van der Waals surface area contributed by atoms with Gasteiger partial charge in [0.1, 0.15) is 6.54 Å². The van der Waals surface area contributed by atoms with Gasteiger partial charge in [0.2, 0.25) is 5.91 Å². The molecule has 1 heterocycles. The van der Waals surface area contributed by atoms with Crippen LogP contribution in [0.15, 0.2) is 24.3 Å². The Morgan fingerprint density at radius 1 is 1.20 bits per heavy atom. The van der Waals surface area contributed by atoms with Crippen LogP contribution >= 0.6 is 0 Å². The number of nitrogens with one attached hydrogen (secondary N) is 1. The summed E-state index contributed by atoms with van der Waals surface area (Å²) in [6, 6.07) is 7.57. The summed E-state index contributed by atoms with van der Waals surface area (Å²) in [4.78, 5) is 31.1. The lowest BCUT2D eigenvalue weighted by Crippen LogP contribution is -2.50. The summed E-state index contributed by atoms with van der Waals surface area (Å²) in [5.41, 5.74) is 1.62. The lowest BCUT2D eigenvalue weighted by molar-refractivity contribution is -0.132. The average Bonchev–Trinajstić information content (AvgIpc) is 2.65. The van der Waals surface area contributed by atoms with Gasteiger partial charge in [0.15, 0.2) is 0 Å². The molecule has 2 amide bonds. The smallest absolute Gasteiger partial charge is 0.254 e. The number of anilines is 1. The average molecular weight is 346 g/mol. The molecule has 0 unspecified atom stereocenters. The second kappa shape index (κ2) is 9.42. The standard InChI is InChI=1S/C19H30N4O2/c1-4-5-11-23(15-18(24)22-12-9-20-10-13-22)19(25)16-7-6-8-17(14-16)21(2)3/h6-8,14,20H,4-5,9-13,15H2,1-3H3. The van der Waals surface area contributed by atoms with E-state index in [4.69, 9.17) is 0 Å². The zero-order chi connectivity index (χ0) is 18.2. The highest BCUT2D eigenvalue weighted by molar-refractivity contribution is 5.97. The molecule has 0 bridgehead atoms. The summed E-state index contributed by atoms with van der Waals surface area (Å²) < 4.78 is 0. The van der Waals surface area contributed by atoms with Crippen molar-refractivity contribution in [2.24, 2.45) is 0 Å². The normalized spacial score (nSPS) is 14.3. The Balaban J connectivity index is 2.10. The van der Waals surface area contributed by atoms with Crippen molar-refractivity contribution in [2.45, 2.75) is 19.8 Å². The first kappa shape index (κ1) is 19.2. The van der Waals surface area contributed by atoms with Crippen LogP contribution in [0.4, 0.5) is 5.69 Å². The van der Waals surface area contributed by atoms with E-state index in [1.165, 1.54) is 0 Å². The molecule has 1 aromatic carbocycles. The number of rotatable bonds is 7. The molecule has 0 atom stereocenters. The van der Waals surface area contributed by atoms with Gasteiger partial charge in [0.25, 0.3) is 5.91 Å². The van der Waals surface area contributed by atoms with E-state index in [0.717, 1.165) is 31.6 Å². The Hall–Kier alpha value is -2.08. The van der Waals surface area contributed by atoms with Gasteiger partial charge < -0.3 is 20.0 Å². The quantitative estimate of drug-likeness (QED) is 0.811. The molecule has 1 aliphatic rings. The summed E-state index contributed by atoms with van der Waals surface area (Å²) >= 11 is 0. The van der Waals surface area contributed by atoms with Crippen LogP contribution in [0.25, 0.3) is 0 Å². The number of carbonyl (C=O) groups excluding carboxylic acids is 2. The summed E-state index contributed by atoms with van der Waals surface area (Å²) in [7, 11) is 3.90. The minimum atomic E-state index is -0.0689. The van der Waals surface area contributed by atoms with Gasteiger partial charge in [-0.1, -0.05) is 19.4 Å². The summed E-state index contributed by atoms with van der Waals surface area (Å²) in [5.74, 6) is -0.0321. The van der Waals surface area contributed by atoms with Gasteiger partial charge in [0.05, 0.1) is 0 Å². The molecule has 0 aliphatic carbocycles. The fraction of sp³-hybridized carbons (Fsp3) is 0.579. The largest absolute Gasteiger partial charge is 0.378 e. The zero-order valence-electron chi connectivity index (χ0n) is 15.6. The highest BCUT2D eigenvalue weighted by Gasteiger charge is 2.23. The first-order chi connectivity index (χ1) is 12.0. The van der Waals surface area contributed by atoms with Gasteiger partial charge in [-0.2, -0.15) is 0 Å². The van der Waals surface area contributed by atoms with E-state index in [1.54, 1.807) is 4.90 Å². The number of hydrogen-bond donors (Lipinski definition) is 1. The van der Waals surface area contributed by atoms with Crippen LogP contribution in [0.2, 0.25) is 0 Å². The maximum Gasteiger partial charge on any atom is 0.254 e. The Morgan fingerprint density at radius 2 is 1.92 bits per heavy atom. The maximum absolute atomic E-state index is 13.0. The summed E-state index contributed by atoms with van der Waals surface area (Å²) in [6.45, 7) is 5.92. The molecule has 1 N–H and O–H groups in total. The van der Waals surface area contributed by atoms with Gasteiger partial charge in [-0.15, -0.1) is 0 Å². The summed E-state index contributed by atoms with van der Waals surface area (Å²) in [5, 5.41) is 3.24. The van der Waals surface area contributed by atoms with Gasteiger partial charge >= 0.3 is 0 Å². The third kappa shape index (κ3) is 5.46. The molecular formula is C19H30N4O2. The zero-order valence-corrected chi connectivity index (χ0v) is 15.6. The second-order valence-corrected chi connectivity index (χ2v) is 6.66. The fourth-order valence-electron chi connectivity index (χ4n) is 2.88. The highest BCUT2D eigenvalue weighted by Crippen LogP contribution is 2.16. The molecule has 1 saturated heterocycles. The van der Waals surface area contributed by atoms with Crippen LogP contribution in [0.3, 0.4) is 0 Å². The Morgan fingerprint density at radius 3 is 2.56 bits per heavy atom. The number of benzene rings is 1. The van der Waals surface area contributed by atoms with Crippen LogP contribution < -0.4 is 10.2 Å². The molecule has 138 valence electrons. The van der Waals surface area contributed by atoms with E-state index >= 15 is 0 Å². The van der Waals surface area contributed by atoms with Crippen LogP contribution in [-0.2, 0) is 4.79 Å². The molecule has 0 radical (unpaired) electrons. The van der Waals surface area contributed by atoms with Crippen LogP contribution in [0.1, 0.15) is 30.1 Å². The lowest BCUT2D eigenvalue weighted by Gasteiger charge is -2.30. The topological polar surface area (TPSA) is 55.9 Å². The first-order valence-corrected chi connectivity index (χ1v) is 9.08. The molecule has 6 nitrogen and oxygen atoms in total. The molecule has 0 aromatic heterocycles. The molecule has 0 saturated carbocycles. The van der Waals surface area contributed by atoms with Crippen LogP contribution in [0, 0.1) is 0 Å². The van der Waals surface area contributed by atoms with E-state index in [9.17, 15) is 9.59 Å². The first-order valence-electron chi connectivity index (χ1n) is 9.08. The van der Waals surface area contributed by atoms with Gasteiger partial charge in [-0.05, 0) is 24.6 Å². The number of hydrogen-bond acceptors (Lipinski definition) is 4. The van der Waals surface area contributed by atoms with Crippen LogP contribution in [0.5, 0.6) is 0 Å². The fourth-order valence-corrected chi connectivity index (χ4v) is 2.88. The second-order valence-electron chi connectivity index (χ2n) is 6.66. The molecule has 0 spiro atoms. The SMILES string of the molecule is CCCCN(CC(=O)N1CCNCC1)C(=O)c1cccc(N(C)C)c1. The molecule has 1 fully saturated rings. The van der Waals surface area contributed by atoms with E-state index in [2.05, 4.69) is 12.2 Å². The third-order valence-electron chi connectivity index (χ3n) is 4.47. The van der Waals surface area contributed by atoms with E-state index in [1.807, 2.05) is 48.2 Å². The highest BCUT2D eigenvalue weighted by atomic mass is 16.2. The molecule has 1 aromatic rings. The predicted molar refractivity (Wildman–Crippen MR) is 101 cm³/mol. The molecule has 25 heavy (non-hydrogen) atoms. The van der Waals surface area contributed by atoms with Crippen molar-refractivity contribution in [3.05, 3.63) is 29.8 Å². The van der Waals surface area contributed by atoms with Crippen molar-refractivity contribution < 1.29 is 9.59 Å². The predicted octanol–water partition coefficient (Wildman–Crippen LogP) is 1.43. The molecule has 1 aliphatic heterocycles. The summed E-state index contributed by atoms with van der Waals surface area (Å²) in [6.07, 6.45) is 1.89. The molecule has 6 heteroatoms. The lowest BCUT2D eigenvalue weighted by atomic mass is 10.1.